The highest BCUT2D eigenvalue weighted by atomic mass is 35.5. The van der Waals surface area contributed by atoms with Crippen LogP contribution in [0.15, 0.2) is 12.1 Å². The molecular formula is C17H29ClN2O2. The van der Waals surface area contributed by atoms with Gasteiger partial charge in [0.1, 0.15) is 0 Å². The Hall–Kier alpha value is -0.970. The van der Waals surface area contributed by atoms with Gasteiger partial charge in [-0.25, -0.2) is 0 Å². The smallest absolute Gasteiger partial charge is 0.166 e. The van der Waals surface area contributed by atoms with E-state index in [0.717, 1.165) is 37.5 Å². The molecule has 1 rings (SSSR count). The summed E-state index contributed by atoms with van der Waals surface area (Å²) in [6.07, 6.45) is 0.0875. The normalized spacial score (nSPS) is 11.3. The second-order valence-corrected chi connectivity index (χ2v) is 5.90. The molecule has 1 aromatic rings. The maximum Gasteiger partial charge on any atom is 0.166 e. The Morgan fingerprint density at radius 3 is 2.45 bits per heavy atom. The van der Waals surface area contributed by atoms with Gasteiger partial charge in [0.15, 0.2) is 11.5 Å². The second-order valence-electron chi connectivity index (χ2n) is 5.47. The molecule has 0 aliphatic rings. The Bertz CT molecular complexity index is 449. The third-order valence-corrected chi connectivity index (χ3v) is 3.70. The largest absolute Gasteiger partial charge is 0.493 e. The molecule has 0 heterocycles. The third-order valence-electron chi connectivity index (χ3n) is 3.48. The van der Waals surface area contributed by atoms with Crippen LogP contribution in [0.25, 0.3) is 0 Å². The van der Waals surface area contributed by atoms with Gasteiger partial charge in [-0.15, -0.1) is 0 Å². The predicted octanol–water partition coefficient (Wildman–Crippen LogP) is 3.57. The highest BCUT2D eigenvalue weighted by molar-refractivity contribution is 6.30. The highest BCUT2D eigenvalue weighted by Crippen LogP contribution is 2.35. The van der Waals surface area contributed by atoms with Crippen LogP contribution in [0.3, 0.4) is 0 Å². The SMILES string of the molecule is CCN(CC)CCNCc1cc(Cl)cc(OC)c1OC(C)C. The van der Waals surface area contributed by atoms with Crippen molar-refractivity contribution < 1.29 is 9.47 Å². The number of halogens is 1. The van der Waals surface area contributed by atoms with Gasteiger partial charge in [-0.2, -0.15) is 0 Å². The first-order valence-electron chi connectivity index (χ1n) is 7.97. The van der Waals surface area contributed by atoms with Crippen LogP contribution >= 0.6 is 11.6 Å². The molecule has 0 fully saturated rings. The Kier molecular flexibility index (Phi) is 8.61. The molecule has 0 aromatic heterocycles. The fourth-order valence-electron chi connectivity index (χ4n) is 2.28. The van der Waals surface area contributed by atoms with E-state index in [2.05, 4.69) is 24.1 Å². The Morgan fingerprint density at radius 2 is 1.91 bits per heavy atom. The van der Waals surface area contributed by atoms with Gasteiger partial charge < -0.3 is 19.7 Å². The molecule has 1 N–H and O–H groups in total. The lowest BCUT2D eigenvalue weighted by molar-refractivity contribution is 0.227. The van der Waals surface area contributed by atoms with Crippen molar-refractivity contribution in [2.24, 2.45) is 0 Å². The number of likely N-dealkylation sites (N-methyl/N-ethyl adjacent to an activating group) is 1. The Labute approximate surface area is 139 Å². The standard InChI is InChI=1S/C17H29ClN2O2/c1-6-20(7-2)9-8-19-12-14-10-15(18)11-16(21-5)17(14)22-13(3)4/h10-11,13,19H,6-9,12H2,1-5H3. The molecule has 0 atom stereocenters. The van der Waals surface area contributed by atoms with Crippen molar-refractivity contribution in [3.63, 3.8) is 0 Å². The minimum absolute atomic E-state index is 0.0875. The van der Waals surface area contributed by atoms with Crippen molar-refractivity contribution >= 4 is 11.6 Å². The highest BCUT2D eigenvalue weighted by Gasteiger charge is 2.14. The van der Waals surface area contributed by atoms with E-state index < -0.39 is 0 Å². The lowest BCUT2D eigenvalue weighted by Crippen LogP contribution is -2.31. The van der Waals surface area contributed by atoms with Crippen molar-refractivity contribution in [2.75, 3.05) is 33.3 Å². The molecule has 4 nitrogen and oxygen atoms in total. The van der Waals surface area contributed by atoms with E-state index in [0.29, 0.717) is 17.3 Å². The van der Waals surface area contributed by atoms with Gasteiger partial charge in [-0.1, -0.05) is 25.4 Å². The summed E-state index contributed by atoms with van der Waals surface area (Å²) in [7, 11) is 1.64. The van der Waals surface area contributed by atoms with Crippen molar-refractivity contribution in [3.8, 4) is 11.5 Å². The van der Waals surface area contributed by atoms with Crippen LogP contribution in [0.5, 0.6) is 11.5 Å². The summed E-state index contributed by atoms with van der Waals surface area (Å²) in [6.45, 7) is 13.2. The molecule has 0 saturated carbocycles. The summed E-state index contributed by atoms with van der Waals surface area (Å²) in [4.78, 5) is 2.39. The van der Waals surface area contributed by atoms with Crippen LogP contribution in [0.1, 0.15) is 33.3 Å². The monoisotopic (exact) mass is 328 g/mol. The quantitative estimate of drug-likeness (QED) is 0.666. The van der Waals surface area contributed by atoms with Gasteiger partial charge in [0.05, 0.1) is 13.2 Å². The molecule has 0 saturated heterocycles. The van der Waals surface area contributed by atoms with E-state index in [9.17, 15) is 0 Å². The zero-order valence-electron chi connectivity index (χ0n) is 14.4. The summed E-state index contributed by atoms with van der Waals surface area (Å²) < 4.78 is 11.3. The first-order valence-corrected chi connectivity index (χ1v) is 8.35. The van der Waals surface area contributed by atoms with Crippen molar-refractivity contribution in [3.05, 3.63) is 22.7 Å². The number of benzene rings is 1. The third kappa shape index (κ3) is 6.03. The number of rotatable bonds is 10. The molecule has 0 spiro atoms. The zero-order chi connectivity index (χ0) is 16.5. The topological polar surface area (TPSA) is 33.7 Å². The van der Waals surface area contributed by atoms with E-state index in [1.165, 1.54) is 0 Å². The summed E-state index contributed by atoms with van der Waals surface area (Å²) in [5.41, 5.74) is 1.03. The lowest BCUT2D eigenvalue weighted by atomic mass is 10.1. The van der Waals surface area contributed by atoms with E-state index >= 15 is 0 Å². The first kappa shape index (κ1) is 19.1. The molecule has 0 aliphatic heterocycles. The van der Waals surface area contributed by atoms with Crippen LogP contribution in [0.4, 0.5) is 0 Å². The minimum atomic E-state index is 0.0875. The first-order chi connectivity index (χ1) is 10.5. The average Bonchev–Trinajstić information content (AvgIpc) is 2.49. The number of hydrogen-bond acceptors (Lipinski definition) is 4. The molecule has 0 radical (unpaired) electrons. The molecule has 5 heteroatoms. The molecule has 0 amide bonds. The molecule has 22 heavy (non-hydrogen) atoms. The Morgan fingerprint density at radius 1 is 1.23 bits per heavy atom. The van der Waals surface area contributed by atoms with E-state index in [1.807, 2.05) is 19.9 Å². The van der Waals surface area contributed by atoms with Gasteiger partial charge in [-0.05, 0) is 33.0 Å². The summed E-state index contributed by atoms with van der Waals surface area (Å²) in [6, 6.07) is 3.73. The van der Waals surface area contributed by atoms with Crippen LogP contribution in [-0.2, 0) is 6.54 Å². The van der Waals surface area contributed by atoms with Crippen molar-refractivity contribution in [1.29, 1.82) is 0 Å². The zero-order valence-corrected chi connectivity index (χ0v) is 15.2. The van der Waals surface area contributed by atoms with E-state index in [4.69, 9.17) is 21.1 Å². The minimum Gasteiger partial charge on any atom is -0.493 e. The van der Waals surface area contributed by atoms with Crippen LogP contribution in [0, 0.1) is 0 Å². The van der Waals surface area contributed by atoms with Crippen LogP contribution in [0.2, 0.25) is 5.02 Å². The second kappa shape index (κ2) is 9.93. The number of hydrogen-bond donors (Lipinski definition) is 1. The average molecular weight is 329 g/mol. The summed E-state index contributed by atoms with van der Waals surface area (Å²) >= 11 is 6.17. The molecule has 0 unspecified atom stereocenters. The van der Waals surface area contributed by atoms with Gasteiger partial charge in [-0.3, -0.25) is 0 Å². The Balaban J connectivity index is 2.73. The fraction of sp³-hybridized carbons (Fsp3) is 0.647. The van der Waals surface area contributed by atoms with Gasteiger partial charge in [0.25, 0.3) is 0 Å². The predicted molar refractivity (Wildman–Crippen MR) is 93.3 cm³/mol. The maximum atomic E-state index is 6.17. The number of methoxy groups -OCH3 is 1. The summed E-state index contributed by atoms with van der Waals surface area (Å²) in [5.74, 6) is 1.46. The number of ether oxygens (including phenoxy) is 2. The fourth-order valence-corrected chi connectivity index (χ4v) is 2.51. The summed E-state index contributed by atoms with van der Waals surface area (Å²) in [5, 5.41) is 4.12. The van der Waals surface area contributed by atoms with Gasteiger partial charge in [0, 0.05) is 36.3 Å². The van der Waals surface area contributed by atoms with Gasteiger partial charge >= 0.3 is 0 Å². The molecule has 0 aliphatic carbocycles. The molecule has 0 bridgehead atoms. The van der Waals surface area contributed by atoms with Crippen LogP contribution < -0.4 is 14.8 Å². The van der Waals surface area contributed by atoms with Crippen molar-refractivity contribution in [2.45, 2.75) is 40.3 Å². The van der Waals surface area contributed by atoms with E-state index in [1.54, 1.807) is 13.2 Å². The maximum absolute atomic E-state index is 6.17. The number of nitrogens with zero attached hydrogens (tertiary/aromatic N) is 1. The van der Waals surface area contributed by atoms with Crippen molar-refractivity contribution in [1.82, 2.24) is 10.2 Å². The van der Waals surface area contributed by atoms with Crippen LogP contribution in [-0.4, -0.2) is 44.3 Å². The lowest BCUT2D eigenvalue weighted by Gasteiger charge is -2.20. The molecular weight excluding hydrogens is 300 g/mol. The van der Waals surface area contributed by atoms with Gasteiger partial charge in [0.2, 0.25) is 0 Å². The number of nitrogens with one attached hydrogen (secondary N) is 1. The molecule has 1 aromatic carbocycles. The van der Waals surface area contributed by atoms with E-state index in [-0.39, 0.29) is 6.10 Å². The molecule has 126 valence electrons.